The van der Waals surface area contributed by atoms with Crippen molar-refractivity contribution in [3.8, 4) is 0 Å². The van der Waals surface area contributed by atoms with Crippen LogP contribution in [0.4, 0.5) is 0 Å². The fraction of sp³-hybridized carbons (Fsp3) is 0.462. The van der Waals surface area contributed by atoms with E-state index in [1.807, 2.05) is 36.1 Å². The molecule has 1 aromatic rings. The summed E-state index contributed by atoms with van der Waals surface area (Å²) >= 11 is 0. The Balaban J connectivity index is 2.14. The number of hydrogen-bond donors (Lipinski definition) is 1. The van der Waals surface area contributed by atoms with Gasteiger partial charge in [0, 0.05) is 12.1 Å². The van der Waals surface area contributed by atoms with Crippen LogP contribution < -0.4 is 5.90 Å². The van der Waals surface area contributed by atoms with Gasteiger partial charge in [-0.2, -0.15) is 0 Å². The molecule has 1 atom stereocenters. The predicted molar refractivity (Wildman–Crippen MR) is 65.4 cm³/mol. The van der Waals surface area contributed by atoms with E-state index in [0.29, 0.717) is 6.61 Å². The zero-order valence-electron chi connectivity index (χ0n) is 10.1. The summed E-state index contributed by atoms with van der Waals surface area (Å²) in [5.41, 5.74) is 1.84. The number of nitrogens with zero attached hydrogens (tertiary/aromatic N) is 1. The minimum absolute atomic E-state index is 0.0771. The molecular formula is C13H18N2O2. The molecule has 1 saturated heterocycles. The number of benzene rings is 1. The number of hydrogen-bond acceptors (Lipinski definition) is 3. The molecule has 0 radical (unpaired) electrons. The molecule has 2 rings (SSSR count). The molecule has 1 aliphatic rings. The lowest BCUT2D eigenvalue weighted by Crippen LogP contribution is -2.38. The highest BCUT2D eigenvalue weighted by Crippen LogP contribution is 2.20. The van der Waals surface area contributed by atoms with E-state index in [9.17, 15) is 4.79 Å². The quantitative estimate of drug-likeness (QED) is 0.806. The number of carbonyl (C=O) groups excluding carboxylic acids is 1. The molecule has 0 spiro atoms. The van der Waals surface area contributed by atoms with Gasteiger partial charge in [0.25, 0.3) is 5.91 Å². The molecule has 0 bridgehead atoms. The van der Waals surface area contributed by atoms with Crippen molar-refractivity contribution in [3.63, 3.8) is 0 Å². The highest BCUT2D eigenvalue weighted by molar-refractivity contribution is 5.94. The highest BCUT2D eigenvalue weighted by atomic mass is 16.6. The van der Waals surface area contributed by atoms with Gasteiger partial charge in [-0.25, -0.2) is 5.90 Å². The molecule has 2 N–H and O–H groups in total. The Hall–Kier alpha value is -1.39. The van der Waals surface area contributed by atoms with Crippen LogP contribution in [0.1, 0.15) is 28.8 Å². The average molecular weight is 234 g/mol. The van der Waals surface area contributed by atoms with Crippen LogP contribution in [0.2, 0.25) is 0 Å². The summed E-state index contributed by atoms with van der Waals surface area (Å²) in [6.45, 7) is 3.19. The molecule has 0 aromatic heterocycles. The highest BCUT2D eigenvalue weighted by Gasteiger charge is 2.29. The van der Waals surface area contributed by atoms with Gasteiger partial charge in [-0.3, -0.25) is 4.79 Å². The Labute approximate surface area is 101 Å². The van der Waals surface area contributed by atoms with Crippen molar-refractivity contribution in [2.75, 3.05) is 13.2 Å². The van der Waals surface area contributed by atoms with Crippen LogP contribution in [-0.4, -0.2) is 30.0 Å². The summed E-state index contributed by atoms with van der Waals surface area (Å²) in [5, 5.41) is 0. The molecule has 0 saturated carbocycles. The summed E-state index contributed by atoms with van der Waals surface area (Å²) in [7, 11) is 0. The van der Waals surface area contributed by atoms with Crippen LogP contribution in [-0.2, 0) is 4.84 Å². The SMILES string of the molecule is Cc1cccc(C(=O)N2CCCC2CON)c1. The molecule has 1 fully saturated rings. The summed E-state index contributed by atoms with van der Waals surface area (Å²) in [5.74, 6) is 5.17. The maximum absolute atomic E-state index is 12.3. The van der Waals surface area contributed by atoms with E-state index in [1.54, 1.807) is 0 Å². The Morgan fingerprint density at radius 3 is 3.12 bits per heavy atom. The van der Waals surface area contributed by atoms with E-state index in [-0.39, 0.29) is 11.9 Å². The van der Waals surface area contributed by atoms with E-state index < -0.39 is 0 Å². The summed E-state index contributed by atoms with van der Waals surface area (Å²) in [6, 6.07) is 7.79. The van der Waals surface area contributed by atoms with Gasteiger partial charge in [0.15, 0.2) is 0 Å². The van der Waals surface area contributed by atoms with Crippen LogP contribution in [0.25, 0.3) is 0 Å². The van der Waals surface area contributed by atoms with E-state index in [0.717, 1.165) is 30.5 Å². The lowest BCUT2D eigenvalue weighted by molar-refractivity contribution is 0.0540. The van der Waals surface area contributed by atoms with Crippen molar-refractivity contribution in [1.82, 2.24) is 4.90 Å². The van der Waals surface area contributed by atoms with E-state index in [1.165, 1.54) is 0 Å². The van der Waals surface area contributed by atoms with Crippen LogP contribution in [0.3, 0.4) is 0 Å². The van der Waals surface area contributed by atoms with Crippen molar-refractivity contribution in [3.05, 3.63) is 35.4 Å². The summed E-state index contributed by atoms with van der Waals surface area (Å²) < 4.78 is 0. The molecule has 1 aromatic carbocycles. The van der Waals surface area contributed by atoms with Gasteiger partial charge in [-0.15, -0.1) is 0 Å². The lowest BCUT2D eigenvalue weighted by atomic mass is 10.1. The molecule has 17 heavy (non-hydrogen) atoms. The maximum Gasteiger partial charge on any atom is 0.254 e. The van der Waals surface area contributed by atoms with Crippen molar-refractivity contribution in [2.45, 2.75) is 25.8 Å². The van der Waals surface area contributed by atoms with Gasteiger partial charge in [-0.1, -0.05) is 17.7 Å². The van der Waals surface area contributed by atoms with Crippen molar-refractivity contribution >= 4 is 5.91 Å². The fourth-order valence-electron chi connectivity index (χ4n) is 2.33. The van der Waals surface area contributed by atoms with E-state index >= 15 is 0 Å². The van der Waals surface area contributed by atoms with Gasteiger partial charge in [0.05, 0.1) is 12.6 Å². The van der Waals surface area contributed by atoms with Gasteiger partial charge in [0.1, 0.15) is 0 Å². The summed E-state index contributed by atoms with van der Waals surface area (Å²) in [4.78, 5) is 18.8. The molecule has 4 nitrogen and oxygen atoms in total. The Morgan fingerprint density at radius 1 is 1.59 bits per heavy atom. The zero-order chi connectivity index (χ0) is 12.3. The third-order valence-corrected chi connectivity index (χ3v) is 3.19. The largest absolute Gasteiger partial charge is 0.333 e. The van der Waals surface area contributed by atoms with Crippen LogP contribution in [0.5, 0.6) is 0 Å². The van der Waals surface area contributed by atoms with Crippen molar-refractivity contribution in [2.24, 2.45) is 5.90 Å². The average Bonchev–Trinajstić information content (AvgIpc) is 2.77. The third-order valence-electron chi connectivity index (χ3n) is 3.19. The molecule has 0 aliphatic carbocycles. The first-order valence-electron chi connectivity index (χ1n) is 5.91. The standard InChI is InChI=1S/C13H18N2O2/c1-10-4-2-5-11(8-10)13(16)15-7-3-6-12(15)9-17-14/h2,4-5,8,12H,3,6-7,9,14H2,1H3. The molecule has 4 heteroatoms. The van der Waals surface area contributed by atoms with Crippen molar-refractivity contribution in [1.29, 1.82) is 0 Å². The maximum atomic E-state index is 12.3. The van der Waals surface area contributed by atoms with Crippen LogP contribution in [0, 0.1) is 6.92 Å². The first-order valence-corrected chi connectivity index (χ1v) is 5.91. The number of carbonyl (C=O) groups is 1. The first-order chi connectivity index (χ1) is 8.22. The van der Waals surface area contributed by atoms with E-state index in [2.05, 4.69) is 4.84 Å². The monoisotopic (exact) mass is 234 g/mol. The van der Waals surface area contributed by atoms with Crippen molar-refractivity contribution < 1.29 is 9.63 Å². The van der Waals surface area contributed by atoms with Crippen LogP contribution in [0.15, 0.2) is 24.3 Å². The third kappa shape index (κ3) is 2.65. The second-order valence-electron chi connectivity index (χ2n) is 4.50. The molecule has 1 amide bonds. The second-order valence-corrected chi connectivity index (χ2v) is 4.50. The lowest BCUT2D eigenvalue weighted by Gasteiger charge is -2.24. The van der Waals surface area contributed by atoms with Crippen LogP contribution >= 0.6 is 0 Å². The Kier molecular flexibility index (Phi) is 3.76. The minimum atomic E-state index is 0.0771. The molecule has 1 unspecified atom stereocenters. The predicted octanol–water partition coefficient (Wildman–Crippen LogP) is 1.49. The molecular weight excluding hydrogens is 216 g/mol. The minimum Gasteiger partial charge on any atom is -0.333 e. The molecule has 1 aliphatic heterocycles. The van der Waals surface area contributed by atoms with Gasteiger partial charge < -0.3 is 9.74 Å². The topological polar surface area (TPSA) is 55.6 Å². The first kappa shape index (κ1) is 12.1. The van der Waals surface area contributed by atoms with Gasteiger partial charge in [0.2, 0.25) is 0 Å². The Bertz CT molecular complexity index is 406. The smallest absolute Gasteiger partial charge is 0.254 e. The van der Waals surface area contributed by atoms with E-state index in [4.69, 9.17) is 5.90 Å². The zero-order valence-corrected chi connectivity index (χ0v) is 10.1. The summed E-state index contributed by atoms with van der Waals surface area (Å²) in [6.07, 6.45) is 1.99. The number of likely N-dealkylation sites (tertiary alicyclic amines) is 1. The molecule has 1 heterocycles. The number of nitrogens with two attached hydrogens (primary N) is 1. The molecule has 92 valence electrons. The van der Waals surface area contributed by atoms with Gasteiger partial charge in [-0.05, 0) is 31.9 Å². The fourth-order valence-corrected chi connectivity index (χ4v) is 2.33. The Morgan fingerprint density at radius 2 is 2.41 bits per heavy atom. The van der Waals surface area contributed by atoms with Gasteiger partial charge >= 0.3 is 0 Å². The second kappa shape index (κ2) is 5.29. The number of amides is 1. The normalized spacial score (nSPS) is 19.6. The number of aryl methyl sites for hydroxylation is 1. The number of rotatable bonds is 3.